The molecule has 0 radical (unpaired) electrons. The van der Waals surface area contributed by atoms with E-state index in [0.717, 1.165) is 18.9 Å². The fourth-order valence-corrected chi connectivity index (χ4v) is 2.85. The summed E-state index contributed by atoms with van der Waals surface area (Å²) in [6.45, 7) is 0.326. The van der Waals surface area contributed by atoms with Gasteiger partial charge in [0.05, 0.1) is 11.0 Å². The molecule has 1 fully saturated rings. The molecule has 2 atom stereocenters. The van der Waals surface area contributed by atoms with Crippen molar-refractivity contribution < 1.29 is 14.4 Å². The summed E-state index contributed by atoms with van der Waals surface area (Å²) in [6.07, 6.45) is 2.35. The van der Waals surface area contributed by atoms with Crippen molar-refractivity contribution in [1.82, 2.24) is 0 Å². The molecule has 0 bridgehead atoms. The van der Waals surface area contributed by atoms with Gasteiger partial charge in [-0.25, -0.2) is 0 Å². The first-order valence-electron chi connectivity index (χ1n) is 6.29. The van der Waals surface area contributed by atoms with E-state index in [1.54, 1.807) is 0 Å². The van der Waals surface area contributed by atoms with Crippen LogP contribution in [0.2, 0.25) is 0 Å². The number of nitrogens with zero attached hydrogens (tertiary/aromatic N) is 1. The molecule has 3 N–H and O–H groups in total. The van der Waals surface area contributed by atoms with Crippen molar-refractivity contribution in [3.63, 3.8) is 0 Å². The maximum absolute atomic E-state index is 13.6. The molecule has 0 aromatic heterocycles. The zero-order chi connectivity index (χ0) is 14.0. The monoisotopic (exact) mass is 268 g/mol. The van der Waals surface area contributed by atoms with Crippen molar-refractivity contribution in [1.29, 1.82) is 0 Å². The largest absolute Gasteiger partial charge is 0.392 e. The Hall–Kier alpha value is -1.53. The second-order valence-corrected chi connectivity index (χ2v) is 5.19. The van der Waals surface area contributed by atoms with Gasteiger partial charge in [0.15, 0.2) is 0 Å². The highest BCUT2D eigenvalue weighted by Crippen LogP contribution is 2.40. The molecular formula is C13H17FN2O3. The number of aliphatic hydroxyl groups is 1. The van der Waals surface area contributed by atoms with Crippen LogP contribution in [0.3, 0.4) is 0 Å². The molecule has 0 saturated heterocycles. The number of nitro groups is 1. The molecule has 1 aromatic rings. The van der Waals surface area contributed by atoms with Gasteiger partial charge in [-0.15, -0.1) is 0 Å². The fraction of sp³-hybridized carbons (Fsp3) is 0.538. The van der Waals surface area contributed by atoms with Gasteiger partial charge in [0, 0.05) is 18.0 Å². The van der Waals surface area contributed by atoms with Crippen LogP contribution in [0.15, 0.2) is 18.2 Å². The van der Waals surface area contributed by atoms with E-state index in [9.17, 15) is 19.6 Å². The normalized spacial score (nSPS) is 26.6. The van der Waals surface area contributed by atoms with Crippen molar-refractivity contribution in [2.24, 2.45) is 11.1 Å². The van der Waals surface area contributed by atoms with E-state index in [2.05, 4.69) is 0 Å². The topological polar surface area (TPSA) is 89.4 Å². The Morgan fingerprint density at radius 3 is 2.79 bits per heavy atom. The minimum Gasteiger partial charge on any atom is -0.392 e. The van der Waals surface area contributed by atoms with E-state index >= 15 is 0 Å². The average molecular weight is 268 g/mol. The summed E-state index contributed by atoms with van der Waals surface area (Å²) in [5, 5.41) is 20.6. The van der Waals surface area contributed by atoms with Crippen LogP contribution in [0.1, 0.15) is 24.8 Å². The van der Waals surface area contributed by atoms with Gasteiger partial charge in [0.2, 0.25) is 5.82 Å². The summed E-state index contributed by atoms with van der Waals surface area (Å²) in [5.41, 5.74) is 5.44. The molecule has 5 nitrogen and oxygen atoms in total. The minimum atomic E-state index is -0.845. The molecule has 104 valence electrons. The summed E-state index contributed by atoms with van der Waals surface area (Å²) in [4.78, 5) is 9.81. The summed E-state index contributed by atoms with van der Waals surface area (Å²) >= 11 is 0. The summed E-state index contributed by atoms with van der Waals surface area (Å²) in [5.74, 6) is -0.845. The van der Waals surface area contributed by atoms with Gasteiger partial charge >= 0.3 is 5.69 Å². The second kappa shape index (κ2) is 5.22. The Bertz CT molecular complexity index is 495. The molecule has 6 heteroatoms. The number of hydrogen-bond acceptors (Lipinski definition) is 4. The van der Waals surface area contributed by atoms with Crippen LogP contribution in [0.5, 0.6) is 0 Å². The van der Waals surface area contributed by atoms with Crippen LogP contribution >= 0.6 is 0 Å². The van der Waals surface area contributed by atoms with E-state index in [0.29, 0.717) is 24.9 Å². The van der Waals surface area contributed by atoms with Gasteiger partial charge < -0.3 is 10.8 Å². The average Bonchev–Trinajstić information content (AvgIpc) is 2.71. The maximum Gasteiger partial charge on any atom is 0.304 e. The Kier molecular flexibility index (Phi) is 3.82. The fourth-order valence-electron chi connectivity index (χ4n) is 2.85. The number of rotatable bonds is 4. The first kappa shape index (κ1) is 13.9. The van der Waals surface area contributed by atoms with Gasteiger partial charge in [0.1, 0.15) is 0 Å². The van der Waals surface area contributed by atoms with E-state index in [-0.39, 0.29) is 0 Å². The highest BCUT2D eigenvalue weighted by molar-refractivity contribution is 5.35. The van der Waals surface area contributed by atoms with Crippen molar-refractivity contribution in [3.05, 3.63) is 39.7 Å². The van der Waals surface area contributed by atoms with E-state index in [4.69, 9.17) is 5.73 Å². The maximum atomic E-state index is 13.6. The lowest BCUT2D eigenvalue weighted by Gasteiger charge is -2.31. The number of halogens is 1. The lowest BCUT2D eigenvalue weighted by molar-refractivity contribution is -0.387. The highest BCUT2D eigenvalue weighted by atomic mass is 19.1. The smallest absolute Gasteiger partial charge is 0.304 e. The number of aliphatic hydroxyl groups excluding tert-OH is 1. The van der Waals surface area contributed by atoms with Crippen molar-refractivity contribution in [2.45, 2.75) is 31.8 Å². The molecule has 2 rings (SSSR count). The Labute approximate surface area is 110 Å². The third kappa shape index (κ3) is 2.59. The molecule has 1 aliphatic rings. The van der Waals surface area contributed by atoms with Gasteiger partial charge in [-0.3, -0.25) is 10.1 Å². The molecule has 1 aromatic carbocycles. The van der Waals surface area contributed by atoms with Gasteiger partial charge in [0.25, 0.3) is 0 Å². The zero-order valence-corrected chi connectivity index (χ0v) is 10.5. The van der Waals surface area contributed by atoms with Crippen LogP contribution in [0.4, 0.5) is 10.1 Å². The predicted molar refractivity (Wildman–Crippen MR) is 68.1 cm³/mol. The lowest BCUT2D eigenvalue weighted by atomic mass is 9.78. The minimum absolute atomic E-state index is 0.326. The van der Waals surface area contributed by atoms with Crippen LogP contribution < -0.4 is 5.73 Å². The molecule has 1 saturated carbocycles. The molecule has 0 amide bonds. The van der Waals surface area contributed by atoms with Crippen molar-refractivity contribution >= 4 is 5.69 Å². The summed E-state index contributed by atoms with van der Waals surface area (Å²) in [7, 11) is 0. The molecule has 0 heterocycles. The predicted octanol–water partition coefficient (Wildman–Crippen LogP) is 1.77. The van der Waals surface area contributed by atoms with E-state index in [1.165, 1.54) is 12.1 Å². The van der Waals surface area contributed by atoms with Gasteiger partial charge in [-0.1, -0.05) is 12.5 Å². The number of nitro benzene ring substituents is 1. The SMILES string of the molecule is NCC1(Cc2ccc([N+](=O)[O-])c(F)c2)CCCC1O. The van der Waals surface area contributed by atoms with Crippen LogP contribution in [-0.4, -0.2) is 22.7 Å². The third-order valence-corrected chi connectivity index (χ3v) is 4.03. The first-order valence-corrected chi connectivity index (χ1v) is 6.29. The lowest BCUT2D eigenvalue weighted by Crippen LogP contribution is -2.39. The van der Waals surface area contributed by atoms with E-state index in [1.807, 2.05) is 0 Å². The van der Waals surface area contributed by atoms with Gasteiger partial charge in [-0.2, -0.15) is 4.39 Å². The molecule has 0 spiro atoms. The van der Waals surface area contributed by atoms with E-state index < -0.39 is 27.9 Å². The number of hydrogen-bond donors (Lipinski definition) is 2. The van der Waals surface area contributed by atoms with Crippen LogP contribution in [0, 0.1) is 21.3 Å². The summed E-state index contributed by atoms with van der Waals surface area (Å²) in [6, 6.07) is 3.86. The third-order valence-electron chi connectivity index (χ3n) is 4.03. The van der Waals surface area contributed by atoms with Crippen molar-refractivity contribution in [2.75, 3.05) is 6.54 Å². The standard InChI is InChI=1S/C13H17FN2O3/c14-10-6-9(3-4-11(10)16(18)19)7-13(8-15)5-1-2-12(13)17/h3-4,6,12,17H,1-2,5,7-8,15H2. The van der Waals surface area contributed by atoms with Crippen molar-refractivity contribution in [3.8, 4) is 0 Å². The molecule has 2 unspecified atom stereocenters. The number of benzene rings is 1. The zero-order valence-electron chi connectivity index (χ0n) is 10.5. The second-order valence-electron chi connectivity index (χ2n) is 5.19. The highest BCUT2D eigenvalue weighted by Gasteiger charge is 2.40. The first-order chi connectivity index (χ1) is 8.98. The molecule has 0 aliphatic heterocycles. The Morgan fingerprint density at radius 1 is 1.58 bits per heavy atom. The molecule has 1 aliphatic carbocycles. The van der Waals surface area contributed by atoms with Gasteiger partial charge in [-0.05, 0) is 30.9 Å². The Balaban J connectivity index is 2.24. The molecular weight excluding hydrogens is 251 g/mol. The quantitative estimate of drug-likeness (QED) is 0.643. The Morgan fingerprint density at radius 2 is 2.32 bits per heavy atom. The summed E-state index contributed by atoms with van der Waals surface area (Å²) < 4.78 is 13.6. The number of nitrogens with two attached hydrogens (primary N) is 1. The molecule has 19 heavy (non-hydrogen) atoms. The van der Waals surface area contributed by atoms with Crippen LogP contribution in [-0.2, 0) is 6.42 Å². The van der Waals surface area contributed by atoms with Crippen LogP contribution in [0.25, 0.3) is 0 Å².